The molecule has 2 fully saturated rings. The lowest BCUT2D eigenvalue weighted by Gasteiger charge is -2.31. The number of ether oxygens (including phenoxy) is 1. The van der Waals surface area contributed by atoms with Crippen LogP contribution >= 0.6 is 11.8 Å². The highest BCUT2D eigenvalue weighted by molar-refractivity contribution is 8.00. The molecule has 6 nitrogen and oxygen atoms in total. The van der Waals surface area contributed by atoms with Gasteiger partial charge in [0.15, 0.2) is 0 Å². The molecule has 2 saturated heterocycles. The highest BCUT2D eigenvalue weighted by Crippen LogP contribution is 2.29. The molecule has 2 N–H and O–H groups in total. The Morgan fingerprint density at radius 1 is 1.42 bits per heavy atom. The number of hydrogen-bond donors (Lipinski definition) is 2. The molecule has 7 heteroatoms. The Labute approximate surface area is 116 Å². The molecule has 2 aliphatic heterocycles. The fraction of sp³-hybridized carbons (Fsp3) is 0.833. The van der Waals surface area contributed by atoms with Crippen molar-refractivity contribution in [3.63, 3.8) is 0 Å². The molecule has 4 unspecified atom stereocenters. The van der Waals surface area contributed by atoms with Crippen LogP contribution in [0.15, 0.2) is 0 Å². The van der Waals surface area contributed by atoms with Crippen molar-refractivity contribution in [3.8, 4) is 0 Å². The Bertz CT molecular complexity index is 366. The molecule has 19 heavy (non-hydrogen) atoms. The monoisotopic (exact) mass is 288 g/mol. The van der Waals surface area contributed by atoms with Crippen LogP contribution in [0.4, 0.5) is 4.79 Å². The van der Waals surface area contributed by atoms with Gasteiger partial charge in [-0.1, -0.05) is 0 Å². The summed E-state index contributed by atoms with van der Waals surface area (Å²) in [6, 6.07) is -0.926. The van der Waals surface area contributed by atoms with E-state index in [1.807, 2.05) is 13.8 Å². The minimum atomic E-state index is -0.938. The average Bonchev–Trinajstić information content (AvgIpc) is 2.71. The van der Waals surface area contributed by atoms with E-state index in [1.54, 1.807) is 0 Å². The second-order valence-electron chi connectivity index (χ2n) is 5.05. The van der Waals surface area contributed by atoms with E-state index in [2.05, 4.69) is 5.32 Å². The maximum absolute atomic E-state index is 12.2. The number of carbonyl (C=O) groups is 2. The Morgan fingerprint density at radius 3 is 2.79 bits per heavy atom. The lowest BCUT2D eigenvalue weighted by Crippen LogP contribution is -2.53. The lowest BCUT2D eigenvalue weighted by molar-refractivity contribution is -0.141. The standard InChI is InChI=1S/C12H20N2O4S/c1-7-5-9(3-4-18-7)13-12(17)14-8(2)19-6-10(14)11(15)16/h7-10H,3-6H2,1-2H3,(H,13,17)(H,15,16). The van der Waals surface area contributed by atoms with E-state index in [-0.39, 0.29) is 23.6 Å². The first-order chi connectivity index (χ1) is 8.99. The third-order valence-corrected chi connectivity index (χ3v) is 4.77. The predicted octanol–water partition coefficient (Wildman–Crippen LogP) is 1.11. The van der Waals surface area contributed by atoms with Crippen LogP contribution in [-0.4, -0.2) is 57.9 Å². The Kier molecular flexibility index (Phi) is 4.57. The summed E-state index contributed by atoms with van der Waals surface area (Å²) in [5.74, 6) is -0.485. The number of nitrogens with one attached hydrogen (secondary N) is 1. The van der Waals surface area contributed by atoms with E-state index < -0.39 is 12.0 Å². The maximum atomic E-state index is 12.2. The van der Waals surface area contributed by atoms with E-state index in [4.69, 9.17) is 9.84 Å². The third-order valence-electron chi connectivity index (χ3n) is 3.56. The van der Waals surface area contributed by atoms with Crippen LogP contribution in [0.1, 0.15) is 26.7 Å². The van der Waals surface area contributed by atoms with Crippen molar-refractivity contribution in [2.24, 2.45) is 0 Å². The summed E-state index contributed by atoms with van der Waals surface area (Å²) >= 11 is 1.49. The van der Waals surface area contributed by atoms with Gasteiger partial charge in [-0.15, -0.1) is 11.8 Å². The third kappa shape index (κ3) is 3.33. The second kappa shape index (κ2) is 6.00. The summed E-state index contributed by atoms with van der Waals surface area (Å²) in [6.45, 7) is 4.48. The molecule has 0 aromatic heterocycles. The summed E-state index contributed by atoms with van der Waals surface area (Å²) in [4.78, 5) is 24.8. The molecular formula is C12H20N2O4S. The number of hydrogen-bond acceptors (Lipinski definition) is 4. The molecule has 0 aromatic carbocycles. The van der Waals surface area contributed by atoms with Gasteiger partial charge in [0.2, 0.25) is 0 Å². The predicted molar refractivity (Wildman–Crippen MR) is 72.2 cm³/mol. The average molecular weight is 288 g/mol. The van der Waals surface area contributed by atoms with Crippen molar-refractivity contribution in [2.75, 3.05) is 12.4 Å². The first kappa shape index (κ1) is 14.5. The Morgan fingerprint density at radius 2 is 2.16 bits per heavy atom. The summed E-state index contributed by atoms with van der Waals surface area (Å²) in [7, 11) is 0. The number of urea groups is 1. The number of carboxylic acids is 1. The number of nitrogens with zero attached hydrogens (tertiary/aromatic N) is 1. The summed E-state index contributed by atoms with van der Waals surface area (Å²) in [5, 5.41) is 12.0. The SMILES string of the molecule is CC1CC(NC(=O)N2C(C)SCC2C(=O)O)CCO1. The van der Waals surface area contributed by atoms with E-state index in [9.17, 15) is 9.59 Å². The fourth-order valence-electron chi connectivity index (χ4n) is 2.52. The van der Waals surface area contributed by atoms with Crippen LogP contribution in [0, 0.1) is 0 Å². The number of amides is 2. The number of aliphatic carboxylic acids is 1. The van der Waals surface area contributed by atoms with Gasteiger partial charge in [0, 0.05) is 18.4 Å². The summed E-state index contributed by atoms with van der Waals surface area (Å²) in [5.41, 5.74) is 0. The molecule has 108 valence electrons. The molecule has 2 aliphatic rings. The van der Waals surface area contributed by atoms with Crippen molar-refractivity contribution in [1.29, 1.82) is 0 Å². The van der Waals surface area contributed by atoms with E-state index in [0.29, 0.717) is 12.4 Å². The minimum absolute atomic E-state index is 0.0727. The zero-order chi connectivity index (χ0) is 14.0. The molecule has 0 saturated carbocycles. The van der Waals surface area contributed by atoms with Crippen molar-refractivity contribution in [3.05, 3.63) is 0 Å². The second-order valence-corrected chi connectivity index (χ2v) is 6.40. The topological polar surface area (TPSA) is 78.9 Å². The van der Waals surface area contributed by atoms with Gasteiger partial charge in [-0.25, -0.2) is 9.59 Å². The van der Waals surface area contributed by atoms with Gasteiger partial charge in [0.25, 0.3) is 0 Å². The molecule has 0 radical (unpaired) electrons. The number of carboxylic acid groups (broad SMARTS) is 1. The zero-order valence-corrected chi connectivity index (χ0v) is 12.0. The number of rotatable bonds is 2. The van der Waals surface area contributed by atoms with Gasteiger partial charge in [0.1, 0.15) is 6.04 Å². The zero-order valence-electron chi connectivity index (χ0n) is 11.2. The molecule has 4 atom stereocenters. The number of carbonyl (C=O) groups excluding carboxylic acids is 1. The van der Waals surface area contributed by atoms with Gasteiger partial charge in [0.05, 0.1) is 11.5 Å². The first-order valence-corrected chi connectivity index (χ1v) is 7.58. The van der Waals surface area contributed by atoms with E-state index in [0.717, 1.165) is 12.8 Å². The van der Waals surface area contributed by atoms with Crippen LogP contribution in [0.3, 0.4) is 0 Å². The normalized spacial score (nSPS) is 35.2. The highest BCUT2D eigenvalue weighted by atomic mass is 32.2. The summed E-state index contributed by atoms with van der Waals surface area (Å²) < 4.78 is 5.43. The van der Waals surface area contributed by atoms with Gasteiger partial charge in [-0.2, -0.15) is 0 Å². The largest absolute Gasteiger partial charge is 0.480 e. The molecule has 0 aromatic rings. The van der Waals surface area contributed by atoms with Crippen molar-refractivity contribution >= 4 is 23.8 Å². The minimum Gasteiger partial charge on any atom is -0.480 e. The Balaban J connectivity index is 1.96. The van der Waals surface area contributed by atoms with Crippen LogP contribution < -0.4 is 5.32 Å². The molecule has 2 heterocycles. The van der Waals surface area contributed by atoms with Crippen molar-refractivity contribution in [1.82, 2.24) is 10.2 Å². The van der Waals surface area contributed by atoms with Gasteiger partial charge in [-0.3, -0.25) is 4.90 Å². The van der Waals surface area contributed by atoms with Crippen LogP contribution in [0.5, 0.6) is 0 Å². The van der Waals surface area contributed by atoms with E-state index >= 15 is 0 Å². The number of thioether (sulfide) groups is 1. The fourth-order valence-corrected chi connectivity index (χ4v) is 3.69. The Hall–Kier alpha value is -0.950. The lowest BCUT2D eigenvalue weighted by atomic mass is 10.0. The van der Waals surface area contributed by atoms with E-state index in [1.165, 1.54) is 16.7 Å². The maximum Gasteiger partial charge on any atom is 0.327 e. The van der Waals surface area contributed by atoms with Gasteiger partial charge < -0.3 is 15.2 Å². The van der Waals surface area contributed by atoms with Crippen molar-refractivity contribution in [2.45, 2.75) is 50.3 Å². The molecule has 0 aliphatic carbocycles. The molecule has 0 bridgehead atoms. The molecule has 2 amide bonds. The molecule has 0 spiro atoms. The molecule has 2 rings (SSSR count). The first-order valence-electron chi connectivity index (χ1n) is 6.54. The van der Waals surface area contributed by atoms with Crippen molar-refractivity contribution < 1.29 is 19.4 Å². The molecular weight excluding hydrogens is 268 g/mol. The van der Waals surface area contributed by atoms with Crippen LogP contribution in [0.25, 0.3) is 0 Å². The smallest absolute Gasteiger partial charge is 0.327 e. The van der Waals surface area contributed by atoms with Gasteiger partial charge in [-0.05, 0) is 26.7 Å². The van der Waals surface area contributed by atoms with Gasteiger partial charge >= 0.3 is 12.0 Å². The summed E-state index contributed by atoms with van der Waals surface area (Å²) in [6.07, 6.45) is 1.70. The highest BCUT2D eigenvalue weighted by Gasteiger charge is 2.40. The quantitative estimate of drug-likeness (QED) is 0.796. The van der Waals surface area contributed by atoms with Crippen LogP contribution in [-0.2, 0) is 9.53 Å². The van der Waals surface area contributed by atoms with Crippen LogP contribution in [0.2, 0.25) is 0 Å².